The van der Waals surface area contributed by atoms with Crippen LogP contribution in [0.15, 0.2) is 4.42 Å². The van der Waals surface area contributed by atoms with E-state index in [1.807, 2.05) is 29.6 Å². The van der Waals surface area contributed by atoms with Crippen LogP contribution in [0, 0.1) is 312 Å². The summed E-state index contributed by atoms with van der Waals surface area (Å²) < 4.78 is 19.4. The van der Waals surface area contributed by atoms with Crippen molar-refractivity contribution < 1.29 is 4.42 Å². The molecule has 634 valence electrons. The molecule has 0 amide bonds. The van der Waals surface area contributed by atoms with Gasteiger partial charge in [-0.15, -0.1) is 34.0 Å². The van der Waals surface area contributed by atoms with Gasteiger partial charge in [-0.05, 0) is 382 Å². The van der Waals surface area contributed by atoms with E-state index in [9.17, 15) is 0 Å². The van der Waals surface area contributed by atoms with E-state index in [4.69, 9.17) is 4.42 Å². The van der Waals surface area contributed by atoms with Crippen molar-refractivity contribution in [3.8, 4) is 0 Å². The van der Waals surface area contributed by atoms with Crippen molar-refractivity contribution in [1.82, 2.24) is 24.1 Å². The molecule has 0 bridgehead atoms. The molecule has 0 spiro atoms. The third kappa shape index (κ3) is 17.0. The van der Waals surface area contributed by atoms with Crippen molar-refractivity contribution >= 4 is 148 Å². The standard InChI is InChI=1S/C15H21N.2C14H18S.2C14H18Se.C13H18N2.C12H15NO.C12H15NS/c1-8-9(2)11(4)15-14(10(8)3)12(5)13(6)16(15)7;1-7-8(2)10(4)14-12(6)15-11(5)13(14)9(7)3;1-7-8(2)10(4)14-13(9(7)3)11(5)12(6)15-14;1-7-8(2)10(4)14-12(6)15-11(5)13(14)9(7)3;1-7-8(2)10(4)14-13(9(7)3)11(5)12(6)15-14;1-7-8(2)10(4)13-12(9(7)3)14-11(5)15(13)6;2*1-6-7(2)9(4)12-11(8(6)3)13-10(5)14-12/h1-7H3;5*1-6H3;2*1-5H3. The Hall–Kier alpha value is -7.43. The van der Waals surface area contributed by atoms with E-state index in [2.05, 4.69) is 343 Å². The van der Waals surface area contributed by atoms with Crippen LogP contribution in [0.3, 0.4) is 0 Å². The number of benzene rings is 8. The molecule has 8 heterocycles. The van der Waals surface area contributed by atoms with Crippen LogP contribution in [0.1, 0.15) is 245 Å². The van der Waals surface area contributed by atoms with E-state index in [0.717, 1.165) is 33.3 Å². The van der Waals surface area contributed by atoms with E-state index in [1.165, 1.54) is 263 Å². The van der Waals surface area contributed by atoms with Crippen LogP contribution >= 0.6 is 34.0 Å². The van der Waals surface area contributed by atoms with Crippen LogP contribution in [0.25, 0.3) is 84.5 Å². The number of rotatable bonds is 0. The van der Waals surface area contributed by atoms with Gasteiger partial charge >= 0.3 is 196 Å². The number of hydrogen-bond donors (Lipinski definition) is 0. The summed E-state index contributed by atoms with van der Waals surface area (Å²) in [6.07, 6.45) is 0. The maximum Gasteiger partial charge on any atom is 0.192 e. The molecular weight excluding hydrogens is 1640 g/mol. The van der Waals surface area contributed by atoms with E-state index < -0.39 is 0 Å². The number of hydrogen-bond acceptors (Lipinski definition) is 7. The summed E-state index contributed by atoms with van der Waals surface area (Å²) >= 11 is 6.85. The van der Waals surface area contributed by atoms with Gasteiger partial charge < -0.3 is 13.6 Å². The number of thiophene rings is 2. The monoisotopic (exact) mass is 1780 g/mol. The van der Waals surface area contributed by atoms with E-state index in [0.29, 0.717) is 29.0 Å². The number of aromatic nitrogens is 5. The summed E-state index contributed by atoms with van der Waals surface area (Å²) in [5, 5.41) is 11.8. The topological polar surface area (TPSA) is 61.7 Å². The largest absolute Gasteiger partial charge is 0.441 e. The maximum atomic E-state index is 5.60. The molecule has 0 saturated carbocycles. The molecule has 0 aliphatic carbocycles. The summed E-state index contributed by atoms with van der Waals surface area (Å²) in [5.41, 5.74) is 58.4. The van der Waals surface area contributed by atoms with Crippen molar-refractivity contribution in [1.29, 1.82) is 0 Å². The molecule has 0 unspecified atom stereocenters. The molecule has 119 heavy (non-hydrogen) atoms. The van der Waals surface area contributed by atoms with Crippen LogP contribution < -0.4 is 0 Å². The average Bonchev–Trinajstić information content (AvgIpc) is 1.58. The first-order valence-electron chi connectivity index (χ1n) is 42.6. The number of aryl methyl sites for hydroxylation is 30. The van der Waals surface area contributed by atoms with Crippen LogP contribution in [0.4, 0.5) is 0 Å². The zero-order chi connectivity index (χ0) is 89.7. The third-order valence-electron chi connectivity index (χ3n) is 29.3. The molecule has 0 saturated heterocycles. The van der Waals surface area contributed by atoms with Gasteiger partial charge in [0.1, 0.15) is 11.3 Å². The van der Waals surface area contributed by atoms with Gasteiger partial charge in [-0.2, -0.15) is 0 Å². The van der Waals surface area contributed by atoms with E-state index in [-0.39, 0.29) is 0 Å². The summed E-state index contributed by atoms with van der Waals surface area (Å²) in [7, 11) is 4.26. The fraction of sp³-hybridized carbons (Fsp3) is 0.435. The van der Waals surface area contributed by atoms with Crippen LogP contribution in [-0.2, 0) is 14.1 Å². The Morgan fingerprint density at radius 2 is 0.588 bits per heavy atom. The van der Waals surface area contributed by atoms with Gasteiger partial charge in [0.2, 0.25) is 0 Å². The molecule has 0 atom stereocenters. The van der Waals surface area contributed by atoms with Gasteiger partial charge in [-0.1, -0.05) is 0 Å². The van der Waals surface area contributed by atoms with Crippen molar-refractivity contribution in [2.45, 2.75) is 312 Å². The number of nitrogens with zero attached hydrogens (tertiary/aromatic N) is 5. The normalized spacial score (nSPS) is 11.3. The van der Waals surface area contributed by atoms with Gasteiger partial charge in [-0.25, -0.2) is 15.0 Å². The molecule has 6 nitrogen and oxygen atoms in total. The van der Waals surface area contributed by atoms with Gasteiger partial charge in [0.05, 0.1) is 31.8 Å². The smallest absolute Gasteiger partial charge is 0.192 e. The second-order valence-electron chi connectivity index (χ2n) is 35.1. The Balaban J connectivity index is 0.000000155. The van der Waals surface area contributed by atoms with Gasteiger partial charge in [0.15, 0.2) is 11.5 Å². The molecule has 0 N–H and O–H groups in total. The van der Waals surface area contributed by atoms with Gasteiger partial charge in [0.25, 0.3) is 0 Å². The fourth-order valence-electron chi connectivity index (χ4n) is 18.3. The number of thiazole rings is 1. The minimum absolute atomic E-state index is 0.576. The van der Waals surface area contributed by atoms with Crippen molar-refractivity contribution in [3.05, 3.63) is 245 Å². The van der Waals surface area contributed by atoms with E-state index >= 15 is 0 Å². The van der Waals surface area contributed by atoms with Crippen molar-refractivity contribution in [2.24, 2.45) is 14.1 Å². The Bertz CT molecular complexity index is 6050. The molecule has 8 aromatic carbocycles. The zero-order valence-corrected chi connectivity index (χ0v) is 88.1. The molecule has 0 aliphatic rings. The van der Waals surface area contributed by atoms with Crippen molar-refractivity contribution in [2.75, 3.05) is 0 Å². The Morgan fingerprint density at radius 1 is 0.227 bits per heavy atom. The second-order valence-corrected chi connectivity index (χ2v) is 44.6. The second kappa shape index (κ2) is 36.6. The summed E-state index contributed by atoms with van der Waals surface area (Å²) in [6.45, 7) is 99.6. The first-order chi connectivity index (χ1) is 55.2. The first-order valence-corrected chi connectivity index (χ1v) is 48.5. The molecule has 0 radical (unpaired) electrons. The third-order valence-corrected chi connectivity index (χ3v) is 37.7. The summed E-state index contributed by atoms with van der Waals surface area (Å²) in [5.74, 6) is 1.83. The molecule has 11 heteroatoms. The van der Waals surface area contributed by atoms with E-state index in [1.54, 1.807) is 45.1 Å². The average molecular weight is 1780 g/mol. The number of fused-ring (bicyclic) bond motifs is 8. The summed E-state index contributed by atoms with van der Waals surface area (Å²) in [6, 6.07) is 0. The molecular formula is C108H141N5OS3Se2. The SMILES string of the molecule is Cc1[se]c2c(C)c(C)c(C)c(C)c2c1C.Cc1c(C)c(C)c2c(C)[se]c(C)c2c1C.Cc1c(C)c(C)c2c(C)sc(C)c2c1C.Cc1c(C)c(C)c2c(c1C)c(C)c(C)n2C.Cc1c(C)c(C)c2c(nc(C)n2C)c1C.Cc1nc2c(C)c(C)c(C)c(C)c2o1.Cc1nc2c(C)c(C)c(C)c(C)c2s1.Cc1sc2c(C)c(C)c(C)c(C)c2c1C. The van der Waals surface area contributed by atoms with Crippen LogP contribution in [0.5, 0.6) is 0 Å². The maximum absolute atomic E-state index is 5.60. The quantitative estimate of drug-likeness (QED) is 0.142. The van der Waals surface area contributed by atoms with Gasteiger partial charge in [0, 0.05) is 51.4 Å². The zero-order valence-electron chi connectivity index (χ0n) is 82.2. The minimum Gasteiger partial charge on any atom is -0.441 e. The molecule has 8 aromatic heterocycles. The van der Waals surface area contributed by atoms with Crippen molar-refractivity contribution in [3.63, 3.8) is 0 Å². The Morgan fingerprint density at radius 3 is 1.06 bits per heavy atom. The molecule has 16 aromatic rings. The minimum atomic E-state index is 0.576. The number of imidazole rings is 1. The number of oxazole rings is 1. The molecule has 16 rings (SSSR count). The van der Waals surface area contributed by atoms with Crippen LogP contribution in [-0.4, -0.2) is 53.1 Å². The fourth-order valence-corrected chi connectivity index (χ4v) is 26.9. The molecule has 0 fully saturated rings. The van der Waals surface area contributed by atoms with Crippen LogP contribution in [0.2, 0.25) is 0 Å². The predicted molar refractivity (Wildman–Crippen MR) is 536 cm³/mol. The summed E-state index contributed by atoms with van der Waals surface area (Å²) in [4.78, 5) is 18.0. The predicted octanol–water partition coefficient (Wildman–Crippen LogP) is 31.4. The first kappa shape index (κ1) is 95.4. The Labute approximate surface area is 740 Å². The molecule has 0 aliphatic heterocycles. The van der Waals surface area contributed by atoms with Gasteiger partial charge in [-0.3, -0.25) is 0 Å². The Kier molecular flexibility index (Phi) is 29.3.